The third-order valence-corrected chi connectivity index (χ3v) is 6.47. The van der Waals surface area contributed by atoms with Crippen LogP contribution in [-0.4, -0.2) is 17.4 Å². The van der Waals surface area contributed by atoms with Crippen molar-refractivity contribution in [2.24, 2.45) is 4.99 Å². The number of benzene rings is 1. The number of alkyl halides is 3. The number of rotatable bonds is 11. The van der Waals surface area contributed by atoms with Crippen molar-refractivity contribution >= 4 is 28.7 Å². The number of hydrogen-bond donors (Lipinski definition) is 1. The first-order valence-corrected chi connectivity index (χ1v) is 13.8. The van der Waals surface area contributed by atoms with Gasteiger partial charge in [0.05, 0.1) is 5.02 Å². The summed E-state index contributed by atoms with van der Waals surface area (Å²) < 4.78 is 63.7. The van der Waals surface area contributed by atoms with Gasteiger partial charge in [-0.3, -0.25) is 4.99 Å². The molecule has 2 rings (SSSR count). The normalized spacial score (nSPS) is 14.5. The van der Waals surface area contributed by atoms with Crippen molar-refractivity contribution in [1.29, 1.82) is 0 Å². The highest BCUT2D eigenvalue weighted by Crippen LogP contribution is 2.36. The number of aromatic amines is 1. The number of hydrogen-bond acceptors (Lipinski definition) is 1. The van der Waals surface area contributed by atoms with Crippen LogP contribution >= 0.6 is 11.6 Å². The molecule has 0 amide bonds. The first kappa shape index (κ1) is 35.1. The minimum absolute atomic E-state index is 0.0539. The average molecular weight is 583 g/mol. The number of fused-ring (bicyclic) bond motifs is 1. The predicted octanol–water partition coefficient (Wildman–Crippen LogP) is 11.7. The average Bonchev–Trinajstić information content (AvgIpc) is 3.23. The summed E-state index contributed by atoms with van der Waals surface area (Å²) in [7, 11) is 0. The van der Waals surface area contributed by atoms with E-state index < -0.39 is 17.6 Å². The van der Waals surface area contributed by atoms with E-state index in [9.17, 15) is 22.0 Å². The summed E-state index contributed by atoms with van der Waals surface area (Å²) >= 11 is 6.01. The van der Waals surface area contributed by atoms with E-state index in [-0.39, 0.29) is 16.8 Å². The lowest BCUT2D eigenvalue weighted by molar-refractivity contribution is -0.0911. The molecule has 1 unspecified atom stereocenters. The standard InChI is InChI=1S/C22H26ClF2N.C10H14F3N/c1-5-8-10-17-18-12-19(23)20(25)13-21(18)26-22(17)14(4)15(9-6-2)11-16(24)7-3;1-4-5-9(3)14-7-6-8(2)10(11,12)13/h7,9,11-14,26H,3,5-6,8,10H2,1-2,4H3;5-7H,4H2,1-3H3/b15-9+,16-11+;8-6+,9-5+,14-7+. The number of aliphatic imine (C=N–C) groups is 1. The topological polar surface area (TPSA) is 28.1 Å². The van der Waals surface area contributed by atoms with Crippen molar-refractivity contribution in [1.82, 2.24) is 4.98 Å². The fraction of sp³-hybridized carbons (Fsp3) is 0.406. The second-order valence-corrected chi connectivity index (χ2v) is 9.79. The molecule has 0 saturated carbocycles. The van der Waals surface area contributed by atoms with E-state index in [1.165, 1.54) is 24.4 Å². The van der Waals surface area contributed by atoms with E-state index in [2.05, 4.69) is 23.5 Å². The van der Waals surface area contributed by atoms with Crippen LogP contribution in [0.3, 0.4) is 0 Å². The Morgan fingerprint density at radius 3 is 2.33 bits per heavy atom. The van der Waals surface area contributed by atoms with Crippen molar-refractivity contribution in [2.45, 2.75) is 85.7 Å². The molecule has 0 spiro atoms. The maximum atomic E-state index is 13.9. The molecule has 220 valence electrons. The van der Waals surface area contributed by atoms with Gasteiger partial charge in [0.25, 0.3) is 0 Å². The summed E-state index contributed by atoms with van der Waals surface area (Å²) in [5.41, 5.74) is 3.79. The molecular weight excluding hydrogens is 543 g/mol. The Balaban J connectivity index is 0.000000486. The fourth-order valence-electron chi connectivity index (χ4n) is 3.95. The Hall–Kier alpha value is -2.93. The van der Waals surface area contributed by atoms with Crippen LogP contribution in [0, 0.1) is 5.82 Å². The van der Waals surface area contributed by atoms with Gasteiger partial charge in [0, 0.05) is 40.0 Å². The number of nitrogens with zero attached hydrogens (tertiary/aromatic N) is 1. The van der Waals surface area contributed by atoms with Crippen LogP contribution in [0.2, 0.25) is 5.02 Å². The number of halogens is 6. The molecule has 1 aromatic heterocycles. The lowest BCUT2D eigenvalue weighted by Crippen LogP contribution is -2.08. The first-order valence-electron chi connectivity index (χ1n) is 13.4. The molecule has 0 aliphatic heterocycles. The molecule has 2 nitrogen and oxygen atoms in total. The summed E-state index contributed by atoms with van der Waals surface area (Å²) in [5.74, 6) is -0.859. The highest BCUT2D eigenvalue weighted by molar-refractivity contribution is 6.31. The van der Waals surface area contributed by atoms with Crippen LogP contribution in [0.4, 0.5) is 22.0 Å². The van der Waals surface area contributed by atoms with Crippen LogP contribution in [-0.2, 0) is 6.42 Å². The molecule has 0 aliphatic carbocycles. The minimum atomic E-state index is -4.26. The molecule has 0 bridgehead atoms. The van der Waals surface area contributed by atoms with E-state index in [4.69, 9.17) is 11.6 Å². The summed E-state index contributed by atoms with van der Waals surface area (Å²) in [6.07, 6.45) is 9.01. The molecular formula is C32H40ClF5N2. The highest BCUT2D eigenvalue weighted by atomic mass is 35.5. The lowest BCUT2D eigenvalue weighted by atomic mass is 9.91. The van der Waals surface area contributed by atoms with Crippen molar-refractivity contribution < 1.29 is 22.0 Å². The minimum Gasteiger partial charge on any atom is -0.358 e. The van der Waals surface area contributed by atoms with Gasteiger partial charge in [-0.15, -0.1) is 0 Å². The van der Waals surface area contributed by atoms with Crippen LogP contribution in [0.15, 0.2) is 76.8 Å². The number of aryl methyl sites for hydroxylation is 1. The van der Waals surface area contributed by atoms with E-state index in [0.717, 1.165) is 78.5 Å². The number of nitrogens with one attached hydrogen (secondary N) is 1. The lowest BCUT2D eigenvalue weighted by Gasteiger charge is -2.15. The Bertz CT molecular complexity index is 1280. The number of unbranched alkanes of at least 4 members (excludes halogenated alkanes) is 1. The maximum Gasteiger partial charge on any atom is 0.412 e. The van der Waals surface area contributed by atoms with Gasteiger partial charge < -0.3 is 4.98 Å². The highest BCUT2D eigenvalue weighted by Gasteiger charge is 2.29. The molecule has 0 saturated heterocycles. The largest absolute Gasteiger partial charge is 0.412 e. The van der Waals surface area contributed by atoms with Crippen molar-refractivity contribution in [3.05, 3.63) is 93.9 Å². The third-order valence-electron chi connectivity index (χ3n) is 6.18. The van der Waals surface area contributed by atoms with E-state index in [1.54, 1.807) is 13.0 Å². The van der Waals surface area contributed by atoms with Crippen molar-refractivity contribution in [2.75, 3.05) is 0 Å². The molecule has 1 atom stereocenters. The molecule has 0 radical (unpaired) electrons. The monoisotopic (exact) mass is 582 g/mol. The van der Waals surface area contributed by atoms with Crippen molar-refractivity contribution in [3.8, 4) is 0 Å². The van der Waals surface area contributed by atoms with Crippen LogP contribution in [0.25, 0.3) is 10.9 Å². The zero-order chi connectivity index (χ0) is 30.5. The van der Waals surface area contributed by atoms with Gasteiger partial charge in [0.2, 0.25) is 0 Å². The Morgan fingerprint density at radius 2 is 1.77 bits per heavy atom. The molecule has 1 heterocycles. The summed E-state index contributed by atoms with van der Waals surface area (Å²) in [6, 6.07) is 3.13. The Morgan fingerprint density at radius 1 is 1.12 bits per heavy atom. The summed E-state index contributed by atoms with van der Waals surface area (Å²) in [4.78, 5) is 7.18. The number of allylic oxidation sites excluding steroid dienone is 9. The molecule has 0 aliphatic rings. The zero-order valence-electron chi connectivity index (χ0n) is 24.2. The van der Waals surface area contributed by atoms with E-state index in [1.807, 2.05) is 32.9 Å². The third kappa shape index (κ3) is 10.9. The molecule has 2 aromatic rings. The second-order valence-electron chi connectivity index (χ2n) is 9.38. The molecule has 0 fully saturated rings. The summed E-state index contributed by atoms with van der Waals surface area (Å²) in [5, 5.41) is 1.06. The maximum absolute atomic E-state index is 13.9. The molecule has 8 heteroatoms. The Kier molecular flexibility index (Phi) is 14.9. The number of aromatic nitrogens is 1. The van der Waals surface area contributed by atoms with Crippen LogP contribution < -0.4 is 0 Å². The van der Waals surface area contributed by atoms with Gasteiger partial charge in [-0.25, -0.2) is 8.78 Å². The van der Waals surface area contributed by atoms with Gasteiger partial charge in [-0.1, -0.05) is 64.4 Å². The second kappa shape index (κ2) is 17.0. The summed E-state index contributed by atoms with van der Waals surface area (Å²) in [6.45, 7) is 14.4. The van der Waals surface area contributed by atoms with E-state index in [0.29, 0.717) is 0 Å². The van der Waals surface area contributed by atoms with Gasteiger partial charge in [0.1, 0.15) is 11.6 Å². The van der Waals surface area contributed by atoms with Gasteiger partial charge >= 0.3 is 6.18 Å². The zero-order valence-corrected chi connectivity index (χ0v) is 24.9. The molecule has 1 N–H and O–H groups in total. The predicted molar refractivity (Wildman–Crippen MR) is 160 cm³/mol. The SMILES string of the molecule is C=C/C(F)=C\C(=C/CC)C(C)c1[nH]c2cc(F)c(Cl)cc2c1CCCC.CC/C=C(C)/N=C/C=C(\C)C(F)(F)F. The van der Waals surface area contributed by atoms with Crippen molar-refractivity contribution in [3.63, 3.8) is 0 Å². The van der Waals surface area contributed by atoms with Gasteiger partial charge in [-0.2, -0.15) is 13.2 Å². The smallest absolute Gasteiger partial charge is 0.358 e. The molecule has 1 aromatic carbocycles. The van der Waals surface area contributed by atoms with E-state index >= 15 is 0 Å². The van der Waals surface area contributed by atoms with Crippen LogP contribution in [0.5, 0.6) is 0 Å². The first-order chi connectivity index (χ1) is 18.8. The number of H-pyrrole nitrogens is 1. The molecule has 40 heavy (non-hydrogen) atoms. The quantitative estimate of drug-likeness (QED) is 0.155. The Labute approximate surface area is 240 Å². The van der Waals surface area contributed by atoms with Crippen LogP contribution in [0.1, 0.15) is 84.4 Å². The fourth-order valence-corrected chi connectivity index (χ4v) is 4.11. The van der Waals surface area contributed by atoms with Gasteiger partial charge in [0.15, 0.2) is 0 Å². The van der Waals surface area contributed by atoms with Gasteiger partial charge in [-0.05, 0) is 81.0 Å².